The Kier molecular flexibility index (Phi) is 10.8. The highest BCUT2D eigenvalue weighted by Gasteiger charge is 2.00. The zero-order valence-corrected chi connectivity index (χ0v) is 17.1. The van der Waals surface area contributed by atoms with Gasteiger partial charge in [0.2, 0.25) is 0 Å². The molecule has 0 unspecified atom stereocenters. The monoisotopic (exact) mass is 383 g/mol. The zero-order chi connectivity index (χ0) is 19.9. The van der Waals surface area contributed by atoms with Gasteiger partial charge in [-0.2, -0.15) is 0 Å². The van der Waals surface area contributed by atoms with Crippen LogP contribution in [0.3, 0.4) is 0 Å². The topological polar surface area (TPSA) is 54.9 Å². The highest BCUT2D eigenvalue weighted by molar-refractivity contribution is 5.79. The fourth-order valence-electron chi connectivity index (χ4n) is 2.72. The second-order valence-electron chi connectivity index (χ2n) is 6.47. The van der Waals surface area contributed by atoms with Crippen LogP contribution in [0.2, 0.25) is 0 Å². The second kappa shape index (κ2) is 13.7. The first-order valence-corrected chi connectivity index (χ1v) is 10.1. The Morgan fingerprint density at radius 1 is 0.857 bits per heavy atom. The summed E-state index contributed by atoms with van der Waals surface area (Å²) in [5.74, 6) is 0.838. The summed E-state index contributed by atoms with van der Waals surface area (Å²) in [7, 11) is 0. The van der Waals surface area contributed by atoms with Gasteiger partial charge >= 0.3 is 0 Å². The van der Waals surface area contributed by atoms with E-state index < -0.39 is 0 Å². The van der Waals surface area contributed by atoms with E-state index in [9.17, 15) is 0 Å². The molecular formula is C23H33N3O2. The Balaban J connectivity index is 1.81. The highest BCUT2D eigenvalue weighted by Crippen LogP contribution is 2.10. The number of ether oxygens (including phenoxy) is 2. The predicted octanol–water partition coefficient (Wildman–Crippen LogP) is 3.89. The second-order valence-corrected chi connectivity index (χ2v) is 6.47. The Hall–Kier alpha value is -2.37. The molecule has 2 aromatic carbocycles. The van der Waals surface area contributed by atoms with Crippen LogP contribution in [0.15, 0.2) is 59.6 Å². The van der Waals surface area contributed by atoms with Gasteiger partial charge in [0, 0.05) is 26.3 Å². The molecule has 28 heavy (non-hydrogen) atoms. The molecule has 5 nitrogen and oxygen atoms in total. The summed E-state index contributed by atoms with van der Waals surface area (Å²) in [4.78, 5) is 4.68. The van der Waals surface area contributed by atoms with E-state index in [1.165, 1.54) is 16.7 Å². The summed E-state index contributed by atoms with van der Waals surface area (Å²) in [6, 6.07) is 18.7. The fraction of sp³-hybridized carbons (Fsp3) is 0.435. The van der Waals surface area contributed by atoms with Crippen molar-refractivity contribution in [2.24, 2.45) is 4.99 Å². The molecule has 2 rings (SSSR count). The molecule has 0 amide bonds. The molecule has 0 fully saturated rings. The van der Waals surface area contributed by atoms with Crippen molar-refractivity contribution < 1.29 is 9.47 Å². The summed E-state index contributed by atoms with van der Waals surface area (Å²) in [5, 5.41) is 6.64. The summed E-state index contributed by atoms with van der Waals surface area (Å²) in [6.07, 6.45) is 0.965. The van der Waals surface area contributed by atoms with Crippen LogP contribution in [0, 0.1) is 0 Å². The van der Waals surface area contributed by atoms with E-state index in [0.717, 1.165) is 38.7 Å². The lowest BCUT2D eigenvalue weighted by atomic mass is 10.1. The quantitative estimate of drug-likeness (QED) is 0.332. The van der Waals surface area contributed by atoms with Crippen molar-refractivity contribution >= 4 is 5.96 Å². The molecule has 0 aromatic heterocycles. The first-order chi connectivity index (χ1) is 13.8. The molecule has 0 bridgehead atoms. The summed E-state index contributed by atoms with van der Waals surface area (Å²) in [5.41, 5.74) is 3.53. The van der Waals surface area contributed by atoms with Crippen LogP contribution < -0.4 is 10.6 Å². The smallest absolute Gasteiger partial charge is 0.191 e. The molecule has 0 heterocycles. The van der Waals surface area contributed by atoms with Gasteiger partial charge in [0.05, 0.1) is 19.8 Å². The van der Waals surface area contributed by atoms with Crippen molar-refractivity contribution in [2.75, 3.05) is 26.3 Å². The van der Waals surface area contributed by atoms with E-state index in [4.69, 9.17) is 9.47 Å². The van der Waals surface area contributed by atoms with Crippen molar-refractivity contribution in [3.63, 3.8) is 0 Å². The largest absolute Gasteiger partial charge is 0.382 e. The van der Waals surface area contributed by atoms with Crippen LogP contribution in [-0.4, -0.2) is 32.3 Å². The average molecular weight is 384 g/mol. The molecule has 0 saturated heterocycles. The van der Waals surface area contributed by atoms with Gasteiger partial charge in [0.1, 0.15) is 0 Å². The van der Waals surface area contributed by atoms with Gasteiger partial charge in [-0.15, -0.1) is 0 Å². The van der Waals surface area contributed by atoms with Crippen molar-refractivity contribution in [3.05, 3.63) is 71.3 Å². The molecule has 0 aliphatic rings. The maximum atomic E-state index is 5.84. The fourth-order valence-corrected chi connectivity index (χ4v) is 2.72. The van der Waals surface area contributed by atoms with Gasteiger partial charge in [-0.3, -0.25) is 0 Å². The van der Waals surface area contributed by atoms with Crippen LogP contribution in [0.1, 0.15) is 37.0 Å². The number of guanidine groups is 1. The summed E-state index contributed by atoms with van der Waals surface area (Å²) in [6.45, 7) is 9.16. The van der Waals surface area contributed by atoms with Crippen molar-refractivity contribution in [1.29, 1.82) is 0 Å². The number of rotatable bonds is 12. The lowest BCUT2D eigenvalue weighted by Gasteiger charge is -2.11. The number of nitrogens with one attached hydrogen (secondary N) is 2. The molecule has 0 saturated carbocycles. The van der Waals surface area contributed by atoms with Gasteiger partial charge in [0.15, 0.2) is 5.96 Å². The van der Waals surface area contributed by atoms with E-state index in [1.54, 1.807) is 0 Å². The van der Waals surface area contributed by atoms with E-state index in [2.05, 4.69) is 58.9 Å². The minimum absolute atomic E-state index is 0.599. The van der Waals surface area contributed by atoms with Crippen molar-refractivity contribution in [3.8, 4) is 0 Å². The van der Waals surface area contributed by atoms with Gasteiger partial charge in [0.25, 0.3) is 0 Å². The normalized spacial score (nSPS) is 11.4. The molecule has 0 spiro atoms. The van der Waals surface area contributed by atoms with Gasteiger partial charge in [-0.05, 0) is 37.0 Å². The first-order valence-electron chi connectivity index (χ1n) is 10.1. The van der Waals surface area contributed by atoms with Gasteiger partial charge < -0.3 is 20.1 Å². The average Bonchev–Trinajstić information content (AvgIpc) is 2.73. The number of nitrogens with zero attached hydrogens (tertiary/aromatic N) is 1. The summed E-state index contributed by atoms with van der Waals surface area (Å²) < 4.78 is 11.2. The van der Waals surface area contributed by atoms with Crippen LogP contribution in [0.5, 0.6) is 0 Å². The van der Waals surface area contributed by atoms with Crippen molar-refractivity contribution in [2.45, 2.75) is 40.0 Å². The minimum atomic E-state index is 0.599. The molecule has 2 N–H and O–H groups in total. The van der Waals surface area contributed by atoms with Crippen LogP contribution in [0.4, 0.5) is 0 Å². The third-order valence-electron chi connectivity index (χ3n) is 4.10. The van der Waals surface area contributed by atoms with E-state index >= 15 is 0 Å². The molecule has 0 aliphatic carbocycles. The zero-order valence-electron chi connectivity index (χ0n) is 17.1. The molecule has 0 radical (unpaired) electrons. The number of hydrogen-bond acceptors (Lipinski definition) is 3. The van der Waals surface area contributed by atoms with Crippen molar-refractivity contribution in [1.82, 2.24) is 10.6 Å². The molecule has 2 aromatic rings. The molecule has 152 valence electrons. The third-order valence-corrected chi connectivity index (χ3v) is 4.10. The van der Waals surface area contributed by atoms with Gasteiger partial charge in [-0.25, -0.2) is 4.99 Å². The Bertz CT molecular complexity index is 689. The number of hydrogen-bond donors (Lipinski definition) is 2. The minimum Gasteiger partial charge on any atom is -0.382 e. The van der Waals surface area contributed by atoms with E-state index in [1.807, 2.05) is 25.1 Å². The first kappa shape index (κ1) is 21.9. The summed E-state index contributed by atoms with van der Waals surface area (Å²) >= 11 is 0. The molecule has 0 aliphatic heterocycles. The van der Waals surface area contributed by atoms with Crippen LogP contribution >= 0.6 is 0 Å². The maximum absolute atomic E-state index is 5.84. The van der Waals surface area contributed by atoms with Gasteiger partial charge in [-0.1, -0.05) is 54.6 Å². The maximum Gasteiger partial charge on any atom is 0.191 e. The highest BCUT2D eigenvalue weighted by atomic mass is 16.5. The molecule has 0 atom stereocenters. The standard InChI is InChI=1S/C23H33N3O2/c1-3-24-23(25-14-9-15-27-4-2)26-17-21-12-8-13-22(16-21)19-28-18-20-10-6-5-7-11-20/h5-8,10-13,16H,3-4,9,14-15,17-19H2,1-2H3,(H2,24,25,26). The predicted molar refractivity (Wildman–Crippen MR) is 115 cm³/mol. The number of aliphatic imine (C=N–C) groups is 1. The molecular weight excluding hydrogens is 350 g/mol. The lowest BCUT2D eigenvalue weighted by molar-refractivity contribution is 0.107. The molecule has 5 heteroatoms. The van der Waals surface area contributed by atoms with E-state index in [-0.39, 0.29) is 0 Å². The Morgan fingerprint density at radius 2 is 1.61 bits per heavy atom. The SMILES string of the molecule is CCNC(=NCc1cccc(COCc2ccccc2)c1)NCCCOCC. The van der Waals surface area contributed by atoms with Crippen LogP contribution in [-0.2, 0) is 29.2 Å². The lowest BCUT2D eigenvalue weighted by Crippen LogP contribution is -2.38. The van der Waals surface area contributed by atoms with Crippen LogP contribution in [0.25, 0.3) is 0 Å². The Morgan fingerprint density at radius 3 is 2.39 bits per heavy atom. The van der Waals surface area contributed by atoms with E-state index in [0.29, 0.717) is 19.8 Å². The number of benzene rings is 2. The Labute approximate surface area is 169 Å². The third kappa shape index (κ3) is 9.02.